The summed E-state index contributed by atoms with van der Waals surface area (Å²) in [6.07, 6.45) is 1.15. The molecule has 0 N–H and O–H groups in total. The Balaban J connectivity index is 3.57. The van der Waals surface area contributed by atoms with Crippen molar-refractivity contribution < 1.29 is 9.53 Å². The number of ether oxygens (including phenoxy) is 1. The van der Waals surface area contributed by atoms with Crippen molar-refractivity contribution in [2.24, 2.45) is 4.99 Å². The van der Waals surface area contributed by atoms with Gasteiger partial charge in [-0.25, -0.2) is 0 Å². The normalized spacial score (nSPS) is 11.9. The molecular weight excluding hydrogens is 118 g/mol. The number of carbonyl (C=O) groups is 1. The maximum Gasteiger partial charge on any atom is 0.299 e. The lowest BCUT2D eigenvalue weighted by molar-refractivity contribution is -0.121. The fourth-order valence-corrected chi connectivity index (χ4v) is 0.213. The molecule has 0 aliphatic rings. The van der Waals surface area contributed by atoms with Gasteiger partial charge < -0.3 is 4.74 Å². The van der Waals surface area contributed by atoms with Crippen molar-refractivity contribution in [1.82, 2.24) is 0 Å². The van der Waals surface area contributed by atoms with Crippen LogP contribution < -0.4 is 0 Å². The van der Waals surface area contributed by atoms with Crippen LogP contribution in [0.2, 0.25) is 0 Å². The quantitative estimate of drug-likeness (QED) is 0.317. The van der Waals surface area contributed by atoms with Crippen LogP contribution in [0.4, 0.5) is 0 Å². The molecule has 3 nitrogen and oxygen atoms in total. The summed E-state index contributed by atoms with van der Waals surface area (Å²) in [5, 5.41) is 0. The van der Waals surface area contributed by atoms with Crippen molar-refractivity contribution in [3.63, 3.8) is 0 Å². The summed E-state index contributed by atoms with van der Waals surface area (Å²) in [5.74, 6) is 0. The lowest BCUT2D eigenvalue weighted by atomic mass is 10.1. The molecule has 9 heavy (non-hydrogen) atoms. The van der Waals surface area contributed by atoms with Gasteiger partial charge in [0.05, 0.1) is 5.54 Å². The van der Waals surface area contributed by atoms with Crippen molar-refractivity contribution in [2.75, 3.05) is 0 Å². The van der Waals surface area contributed by atoms with E-state index in [0.29, 0.717) is 6.47 Å². The van der Waals surface area contributed by atoms with Gasteiger partial charge in [-0.05, 0) is 20.8 Å². The van der Waals surface area contributed by atoms with Gasteiger partial charge in [-0.15, -0.1) is 0 Å². The van der Waals surface area contributed by atoms with Gasteiger partial charge >= 0.3 is 0 Å². The third-order valence-corrected chi connectivity index (χ3v) is 0.556. The van der Waals surface area contributed by atoms with Crippen LogP contribution >= 0.6 is 0 Å². The number of hydrogen-bond acceptors (Lipinski definition) is 3. The third-order valence-electron chi connectivity index (χ3n) is 0.556. The van der Waals surface area contributed by atoms with Crippen LogP contribution in [0, 0.1) is 0 Å². The van der Waals surface area contributed by atoms with Crippen LogP contribution in [0.25, 0.3) is 0 Å². The smallest absolute Gasteiger partial charge is 0.299 e. The monoisotopic (exact) mass is 129 g/mol. The second-order valence-electron chi connectivity index (χ2n) is 2.64. The first-order chi connectivity index (χ1) is 4.06. The SMILES string of the molecule is CC(C)(C)N=COC=O. The molecule has 0 saturated heterocycles. The van der Waals surface area contributed by atoms with E-state index >= 15 is 0 Å². The van der Waals surface area contributed by atoms with Gasteiger partial charge in [0.1, 0.15) is 0 Å². The van der Waals surface area contributed by atoms with Gasteiger partial charge in [0.2, 0.25) is 0 Å². The van der Waals surface area contributed by atoms with Crippen molar-refractivity contribution in [3.8, 4) is 0 Å². The summed E-state index contributed by atoms with van der Waals surface area (Å²) < 4.78 is 4.24. The summed E-state index contributed by atoms with van der Waals surface area (Å²) in [6.45, 7) is 6.09. The molecule has 0 bridgehead atoms. The number of nitrogens with zero attached hydrogens (tertiary/aromatic N) is 1. The summed E-state index contributed by atoms with van der Waals surface area (Å²) in [4.78, 5) is 13.4. The third kappa shape index (κ3) is 7.14. The van der Waals surface area contributed by atoms with Crippen molar-refractivity contribution in [2.45, 2.75) is 26.3 Å². The van der Waals surface area contributed by atoms with E-state index in [4.69, 9.17) is 0 Å². The Morgan fingerprint density at radius 2 is 2.00 bits per heavy atom. The molecule has 0 aliphatic heterocycles. The number of aliphatic imine (C=N–C) groups is 1. The second kappa shape index (κ2) is 3.22. The molecule has 0 amide bonds. The molecular formula is C6H11NO2. The minimum absolute atomic E-state index is 0.164. The van der Waals surface area contributed by atoms with Gasteiger partial charge in [-0.3, -0.25) is 9.79 Å². The molecule has 0 fully saturated rings. The average Bonchev–Trinajstić information content (AvgIpc) is 1.63. The molecule has 0 aromatic heterocycles. The topological polar surface area (TPSA) is 38.7 Å². The maximum absolute atomic E-state index is 9.58. The fraction of sp³-hybridized carbons (Fsp3) is 0.667. The van der Waals surface area contributed by atoms with Crippen LogP contribution in [0.15, 0.2) is 4.99 Å². The Morgan fingerprint density at radius 1 is 1.44 bits per heavy atom. The maximum atomic E-state index is 9.58. The molecule has 0 atom stereocenters. The Kier molecular flexibility index (Phi) is 2.91. The molecule has 0 radical (unpaired) electrons. The highest BCUT2D eigenvalue weighted by atomic mass is 16.5. The highest BCUT2D eigenvalue weighted by molar-refractivity contribution is 5.60. The highest BCUT2D eigenvalue weighted by Crippen LogP contribution is 2.03. The van der Waals surface area contributed by atoms with E-state index in [1.807, 2.05) is 20.8 Å². The Bertz CT molecular complexity index is 113. The fourth-order valence-electron chi connectivity index (χ4n) is 0.213. The van der Waals surface area contributed by atoms with E-state index in [1.165, 1.54) is 0 Å². The molecule has 0 unspecified atom stereocenters. The number of hydrogen-bond donors (Lipinski definition) is 0. The van der Waals surface area contributed by atoms with Gasteiger partial charge in [0.15, 0.2) is 6.40 Å². The molecule has 0 heterocycles. The predicted octanol–water partition coefficient (Wildman–Crippen LogP) is 0.986. The standard InChI is InChI=1S/C6H11NO2/c1-6(2,3)7-4-9-5-8/h4-5H,1-3H3. The van der Waals surface area contributed by atoms with Crippen molar-refractivity contribution >= 4 is 12.9 Å². The predicted molar refractivity (Wildman–Crippen MR) is 35.4 cm³/mol. The van der Waals surface area contributed by atoms with E-state index in [2.05, 4.69) is 9.73 Å². The van der Waals surface area contributed by atoms with E-state index in [9.17, 15) is 4.79 Å². The van der Waals surface area contributed by atoms with E-state index < -0.39 is 0 Å². The lowest BCUT2D eigenvalue weighted by Crippen LogP contribution is -2.09. The Hall–Kier alpha value is -0.860. The first-order valence-corrected chi connectivity index (χ1v) is 2.69. The summed E-state index contributed by atoms with van der Waals surface area (Å²) in [5.41, 5.74) is -0.164. The zero-order valence-electron chi connectivity index (χ0n) is 5.92. The van der Waals surface area contributed by atoms with E-state index in [0.717, 1.165) is 6.40 Å². The van der Waals surface area contributed by atoms with Crippen molar-refractivity contribution in [1.29, 1.82) is 0 Å². The van der Waals surface area contributed by atoms with Crippen LogP contribution in [0.1, 0.15) is 20.8 Å². The number of rotatable bonds is 2. The molecule has 0 aromatic carbocycles. The summed E-state index contributed by atoms with van der Waals surface area (Å²) in [7, 11) is 0. The number of carbonyl (C=O) groups excluding carboxylic acids is 1. The molecule has 0 spiro atoms. The minimum Gasteiger partial charge on any atom is -0.417 e. The molecule has 3 heteroatoms. The van der Waals surface area contributed by atoms with Crippen molar-refractivity contribution in [3.05, 3.63) is 0 Å². The average molecular weight is 129 g/mol. The first kappa shape index (κ1) is 8.14. The molecule has 0 rings (SSSR count). The zero-order valence-corrected chi connectivity index (χ0v) is 5.92. The summed E-state index contributed by atoms with van der Waals surface area (Å²) in [6, 6.07) is 0. The highest BCUT2D eigenvalue weighted by Gasteiger charge is 2.03. The first-order valence-electron chi connectivity index (χ1n) is 2.69. The minimum atomic E-state index is -0.164. The molecule has 0 aliphatic carbocycles. The molecule has 0 aromatic rings. The summed E-state index contributed by atoms with van der Waals surface area (Å²) >= 11 is 0. The van der Waals surface area contributed by atoms with Crippen LogP contribution in [-0.4, -0.2) is 18.4 Å². The molecule has 52 valence electrons. The van der Waals surface area contributed by atoms with E-state index in [1.54, 1.807) is 0 Å². The van der Waals surface area contributed by atoms with Gasteiger partial charge in [0.25, 0.3) is 6.47 Å². The van der Waals surface area contributed by atoms with Crippen LogP contribution in [0.3, 0.4) is 0 Å². The lowest BCUT2D eigenvalue weighted by Gasteiger charge is -2.08. The van der Waals surface area contributed by atoms with Gasteiger partial charge in [-0.2, -0.15) is 0 Å². The second-order valence-corrected chi connectivity index (χ2v) is 2.64. The zero-order chi connectivity index (χ0) is 7.33. The van der Waals surface area contributed by atoms with Gasteiger partial charge in [0, 0.05) is 0 Å². The van der Waals surface area contributed by atoms with Gasteiger partial charge in [-0.1, -0.05) is 0 Å². The van der Waals surface area contributed by atoms with Crippen LogP contribution in [0.5, 0.6) is 0 Å². The van der Waals surface area contributed by atoms with E-state index in [-0.39, 0.29) is 5.54 Å². The molecule has 0 saturated carbocycles. The van der Waals surface area contributed by atoms with Crippen LogP contribution in [-0.2, 0) is 9.53 Å². The Morgan fingerprint density at radius 3 is 2.33 bits per heavy atom. The largest absolute Gasteiger partial charge is 0.417 e. The Labute approximate surface area is 54.7 Å².